The summed E-state index contributed by atoms with van der Waals surface area (Å²) in [5, 5.41) is 9.61. The van der Waals surface area contributed by atoms with E-state index in [2.05, 4.69) is 6.92 Å². The van der Waals surface area contributed by atoms with Crippen molar-refractivity contribution in [3.63, 3.8) is 0 Å². The fourth-order valence-corrected chi connectivity index (χ4v) is 2.41. The largest absolute Gasteiger partial charge is 0.475 e. The first-order valence-corrected chi connectivity index (χ1v) is 8.29. The van der Waals surface area contributed by atoms with E-state index in [1.54, 1.807) is 30.3 Å². The van der Waals surface area contributed by atoms with Crippen molar-refractivity contribution in [2.45, 2.75) is 45.3 Å². The summed E-state index contributed by atoms with van der Waals surface area (Å²) in [5.74, 6) is -1.96. The topological polar surface area (TPSA) is 55.8 Å². The standard InChI is InChI=1S/C20H24O4/c1-3-4-6-11-16-12-9-10-15-18(16)24-20(2,19(21)22)23-17-13-7-5-8-14-17/h5,7-10,12-15H,3-4,6,11H2,1-2H3,(H,21,22). The molecule has 0 amide bonds. The van der Waals surface area contributed by atoms with Crippen LogP contribution in [-0.2, 0) is 11.2 Å². The molecule has 1 N–H and O–H groups in total. The summed E-state index contributed by atoms with van der Waals surface area (Å²) < 4.78 is 11.4. The number of ether oxygens (including phenoxy) is 2. The predicted molar refractivity (Wildman–Crippen MR) is 93.4 cm³/mol. The smallest absolute Gasteiger partial charge is 0.390 e. The number of carboxylic acids is 1. The second-order valence-corrected chi connectivity index (χ2v) is 5.83. The maximum atomic E-state index is 11.8. The van der Waals surface area contributed by atoms with Gasteiger partial charge in [-0.15, -0.1) is 0 Å². The van der Waals surface area contributed by atoms with Gasteiger partial charge in [0.2, 0.25) is 0 Å². The third-order valence-corrected chi connectivity index (χ3v) is 3.77. The van der Waals surface area contributed by atoms with Gasteiger partial charge in [0.05, 0.1) is 0 Å². The van der Waals surface area contributed by atoms with Gasteiger partial charge in [-0.3, -0.25) is 0 Å². The Balaban J connectivity index is 2.20. The van der Waals surface area contributed by atoms with Crippen molar-refractivity contribution in [3.05, 3.63) is 60.2 Å². The molecule has 2 aromatic rings. The van der Waals surface area contributed by atoms with E-state index in [-0.39, 0.29) is 0 Å². The van der Waals surface area contributed by atoms with Gasteiger partial charge < -0.3 is 14.6 Å². The molecule has 2 aromatic carbocycles. The molecule has 0 aromatic heterocycles. The van der Waals surface area contributed by atoms with Crippen LogP contribution in [0.3, 0.4) is 0 Å². The monoisotopic (exact) mass is 328 g/mol. The maximum absolute atomic E-state index is 11.8. The third kappa shape index (κ3) is 4.75. The lowest BCUT2D eigenvalue weighted by Crippen LogP contribution is -2.47. The van der Waals surface area contributed by atoms with Gasteiger partial charge in [0.1, 0.15) is 11.5 Å². The van der Waals surface area contributed by atoms with Gasteiger partial charge in [0.15, 0.2) is 0 Å². The first kappa shape index (κ1) is 17.9. The summed E-state index contributed by atoms with van der Waals surface area (Å²) in [5.41, 5.74) is 0.995. The summed E-state index contributed by atoms with van der Waals surface area (Å²) in [6, 6.07) is 16.4. The minimum absolute atomic E-state index is 0.450. The fourth-order valence-electron chi connectivity index (χ4n) is 2.41. The van der Waals surface area contributed by atoms with Crippen molar-refractivity contribution in [1.29, 1.82) is 0 Å². The van der Waals surface area contributed by atoms with Crippen molar-refractivity contribution in [2.24, 2.45) is 0 Å². The average molecular weight is 328 g/mol. The molecule has 0 heterocycles. The summed E-state index contributed by atoms with van der Waals surface area (Å²) >= 11 is 0. The molecule has 4 heteroatoms. The summed E-state index contributed by atoms with van der Waals surface area (Å²) in [6.45, 7) is 3.57. The van der Waals surface area contributed by atoms with E-state index in [1.165, 1.54) is 6.92 Å². The van der Waals surface area contributed by atoms with Gasteiger partial charge >= 0.3 is 11.8 Å². The number of para-hydroxylation sites is 2. The van der Waals surface area contributed by atoms with Crippen LogP contribution in [-0.4, -0.2) is 16.9 Å². The van der Waals surface area contributed by atoms with Crippen molar-refractivity contribution >= 4 is 5.97 Å². The van der Waals surface area contributed by atoms with Crippen LogP contribution in [0, 0.1) is 0 Å². The quantitative estimate of drug-likeness (QED) is 0.536. The van der Waals surface area contributed by atoms with Gasteiger partial charge in [-0.2, -0.15) is 0 Å². The van der Waals surface area contributed by atoms with Crippen molar-refractivity contribution in [2.75, 3.05) is 0 Å². The molecule has 0 fully saturated rings. The van der Waals surface area contributed by atoms with Crippen LogP contribution in [0.5, 0.6) is 11.5 Å². The van der Waals surface area contributed by atoms with Gasteiger partial charge in [0, 0.05) is 6.92 Å². The molecule has 0 saturated carbocycles. The highest BCUT2D eigenvalue weighted by atomic mass is 16.7. The predicted octanol–water partition coefficient (Wildman–Crippen LogP) is 4.68. The number of benzene rings is 2. The third-order valence-electron chi connectivity index (χ3n) is 3.77. The average Bonchev–Trinajstić information content (AvgIpc) is 2.57. The molecule has 0 saturated heterocycles. The minimum Gasteiger partial charge on any atom is -0.475 e. The molecule has 24 heavy (non-hydrogen) atoms. The summed E-state index contributed by atoms with van der Waals surface area (Å²) in [7, 11) is 0. The molecule has 0 aliphatic heterocycles. The molecule has 2 rings (SSSR count). The van der Waals surface area contributed by atoms with Crippen LogP contribution in [0.25, 0.3) is 0 Å². The Morgan fingerprint density at radius 2 is 1.67 bits per heavy atom. The second kappa shape index (κ2) is 8.39. The number of aryl methyl sites for hydroxylation is 1. The Kier molecular flexibility index (Phi) is 6.24. The SMILES string of the molecule is CCCCCc1ccccc1OC(C)(Oc1ccccc1)C(=O)O. The molecule has 0 bridgehead atoms. The minimum atomic E-state index is -1.79. The highest BCUT2D eigenvalue weighted by Gasteiger charge is 2.39. The summed E-state index contributed by atoms with van der Waals surface area (Å²) in [4.78, 5) is 11.8. The van der Waals surface area contributed by atoms with E-state index >= 15 is 0 Å². The first-order chi connectivity index (χ1) is 11.5. The normalized spacial score (nSPS) is 13.1. The molecular formula is C20H24O4. The zero-order chi connectivity index (χ0) is 17.4. The number of carbonyl (C=O) groups is 1. The zero-order valence-electron chi connectivity index (χ0n) is 14.2. The van der Waals surface area contributed by atoms with Crippen molar-refractivity contribution in [1.82, 2.24) is 0 Å². The zero-order valence-corrected chi connectivity index (χ0v) is 14.2. The summed E-state index contributed by atoms with van der Waals surface area (Å²) in [6.07, 6.45) is 4.16. The van der Waals surface area contributed by atoms with Gasteiger partial charge in [-0.25, -0.2) is 4.79 Å². The van der Waals surface area contributed by atoms with Crippen LogP contribution < -0.4 is 9.47 Å². The van der Waals surface area contributed by atoms with Gasteiger partial charge in [-0.1, -0.05) is 56.2 Å². The Labute approximate surface area is 143 Å². The molecule has 1 unspecified atom stereocenters. The number of aliphatic carboxylic acids is 1. The highest BCUT2D eigenvalue weighted by molar-refractivity contribution is 5.76. The van der Waals surface area contributed by atoms with Crippen LogP contribution in [0.15, 0.2) is 54.6 Å². The van der Waals surface area contributed by atoms with Gasteiger partial charge in [-0.05, 0) is 36.6 Å². The van der Waals surface area contributed by atoms with Crippen LogP contribution in [0.2, 0.25) is 0 Å². The van der Waals surface area contributed by atoms with E-state index in [4.69, 9.17) is 9.47 Å². The number of hydrogen-bond donors (Lipinski definition) is 1. The lowest BCUT2D eigenvalue weighted by molar-refractivity contribution is -0.181. The molecule has 0 aliphatic carbocycles. The van der Waals surface area contributed by atoms with Crippen LogP contribution in [0.4, 0.5) is 0 Å². The Hall–Kier alpha value is -2.49. The van der Waals surface area contributed by atoms with Crippen molar-refractivity contribution < 1.29 is 19.4 Å². The molecule has 1 atom stereocenters. The van der Waals surface area contributed by atoms with Gasteiger partial charge in [0.25, 0.3) is 0 Å². The fraction of sp³-hybridized carbons (Fsp3) is 0.350. The Morgan fingerprint density at radius 1 is 1.00 bits per heavy atom. The molecule has 0 spiro atoms. The van der Waals surface area contributed by atoms with E-state index in [0.717, 1.165) is 31.2 Å². The van der Waals surface area contributed by atoms with E-state index in [9.17, 15) is 9.90 Å². The number of rotatable bonds is 9. The maximum Gasteiger partial charge on any atom is 0.390 e. The lowest BCUT2D eigenvalue weighted by Gasteiger charge is -2.28. The number of unbranched alkanes of at least 4 members (excludes halogenated alkanes) is 2. The lowest BCUT2D eigenvalue weighted by atomic mass is 10.1. The molecule has 0 radical (unpaired) electrons. The number of hydrogen-bond acceptors (Lipinski definition) is 3. The molecule has 128 valence electrons. The molecule has 4 nitrogen and oxygen atoms in total. The van der Waals surface area contributed by atoms with Crippen molar-refractivity contribution in [3.8, 4) is 11.5 Å². The first-order valence-electron chi connectivity index (χ1n) is 8.29. The Morgan fingerprint density at radius 3 is 2.33 bits per heavy atom. The highest BCUT2D eigenvalue weighted by Crippen LogP contribution is 2.27. The van der Waals surface area contributed by atoms with E-state index in [1.807, 2.05) is 24.3 Å². The van der Waals surface area contributed by atoms with E-state index < -0.39 is 11.8 Å². The number of carboxylic acid groups (broad SMARTS) is 1. The molecule has 0 aliphatic rings. The second-order valence-electron chi connectivity index (χ2n) is 5.83. The van der Waals surface area contributed by atoms with Crippen LogP contribution >= 0.6 is 0 Å². The van der Waals surface area contributed by atoms with Crippen LogP contribution in [0.1, 0.15) is 38.7 Å². The molecular weight excluding hydrogens is 304 g/mol. The Bertz CT molecular complexity index is 654. The van der Waals surface area contributed by atoms with E-state index in [0.29, 0.717) is 11.5 Å².